The summed E-state index contributed by atoms with van der Waals surface area (Å²) in [4.78, 5) is 12.7. The number of alkyl halides is 3. The fourth-order valence-electron chi connectivity index (χ4n) is 3.36. The molecule has 3 heterocycles. The van der Waals surface area contributed by atoms with Crippen LogP contribution in [0.5, 0.6) is 0 Å². The van der Waals surface area contributed by atoms with Gasteiger partial charge in [-0.2, -0.15) is 23.4 Å². The van der Waals surface area contributed by atoms with E-state index in [4.69, 9.17) is 4.42 Å². The Hall–Kier alpha value is -3.82. The third-order valence-electron chi connectivity index (χ3n) is 4.97. The minimum atomic E-state index is -4.41. The molecule has 1 aromatic carbocycles. The normalized spacial score (nSPS) is 11.7. The van der Waals surface area contributed by atoms with Crippen molar-refractivity contribution in [3.63, 3.8) is 0 Å². The summed E-state index contributed by atoms with van der Waals surface area (Å²) < 4.78 is 47.8. The highest BCUT2D eigenvalue weighted by Gasteiger charge is 2.30. The van der Waals surface area contributed by atoms with Gasteiger partial charge in [0.05, 0.1) is 35.7 Å². The molecule has 0 fully saturated rings. The Morgan fingerprint density at radius 2 is 1.94 bits per heavy atom. The lowest BCUT2D eigenvalue weighted by Gasteiger charge is -2.10. The molecule has 32 heavy (non-hydrogen) atoms. The average molecular weight is 443 g/mol. The van der Waals surface area contributed by atoms with Gasteiger partial charge in [0.2, 0.25) is 0 Å². The molecule has 1 amide bonds. The molecule has 0 atom stereocenters. The first-order valence-corrected chi connectivity index (χ1v) is 9.78. The summed E-state index contributed by atoms with van der Waals surface area (Å²) in [6, 6.07) is 10.2. The average Bonchev–Trinajstić information content (AvgIpc) is 3.47. The number of carbonyl (C=O) groups excluding carboxylic acids is 1. The SMILES string of the molecule is Cc1nn(Cc2cccc(C(F)(F)F)c2)c(C)c1NC(=O)c1ccc(Cn2cccn2)o1. The van der Waals surface area contributed by atoms with Crippen molar-refractivity contribution in [3.05, 3.63) is 88.9 Å². The Morgan fingerprint density at radius 3 is 2.66 bits per heavy atom. The number of hydrogen-bond acceptors (Lipinski definition) is 4. The van der Waals surface area contributed by atoms with Crippen LogP contribution < -0.4 is 5.32 Å². The summed E-state index contributed by atoms with van der Waals surface area (Å²) in [6.45, 7) is 4.00. The van der Waals surface area contributed by atoms with Crippen molar-refractivity contribution < 1.29 is 22.4 Å². The van der Waals surface area contributed by atoms with E-state index in [2.05, 4.69) is 15.5 Å². The second kappa shape index (κ2) is 8.37. The number of halogens is 3. The zero-order chi connectivity index (χ0) is 22.9. The summed E-state index contributed by atoms with van der Waals surface area (Å²) in [5.74, 6) is 0.269. The number of hydrogen-bond donors (Lipinski definition) is 1. The van der Waals surface area contributed by atoms with Gasteiger partial charge < -0.3 is 9.73 Å². The number of aromatic nitrogens is 4. The molecule has 1 N–H and O–H groups in total. The van der Waals surface area contributed by atoms with Gasteiger partial charge in [-0.05, 0) is 49.7 Å². The minimum Gasteiger partial charge on any atom is -0.454 e. The van der Waals surface area contributed by atoms with E-state index in [1.807, 2.05) is 0 Å². The summed E-state index contributed by atoms with van der Waals surface area (Å²) in [7, 11) is 0. The van der Waals surface area contributed by atoms with Crippen molar-refractivity contribution in [1.29, 1.82) is 0 Å². The Morgan fingerprint density at radius 1 is 1.12 bits per heavy atom. The molecule has 4 rings (SSSR count). The van der Waals surface area contributed by atoms with Gasteiger partial charge in [-0.25, -0.2) is 0 Å². The summed E-state index contributed by atoms with van der Waals surface area (Å²) >= 11 is 0. The number of amides is 1. The Bertz CT molecular complexity index is 1240. The molecular weight excluding hydrogens is 423 g/mol. The summed E-state index contributed by atoms with van der Waals surface area (Å²) in [5, 5.41) is 11.3. The lowest BCUT2D eigenvalue weighted by atomic mass is 10.1. The standard InChI is InChI=1S/C22H20F3N5O2/c1-14-20(27-21(31)19-8-7-18(32-19)13-29-10-4-9-26-29)15(2)30(28-14)12-16-5-3-6-17(11-16)22(23,24)25/h3-11H,12-13H2,1-2H3,(H,27,31). The topological polar surface area (TPSA) is 77.9 Å². The fourth-order valence-corrected chi connectivity index (χ4v) is 3.36. The van der Waals surface area contributed by atoms with Crippen molar-refractivity contribution in [2.75, 3.05) is 5.32 Å². The Labute approximate surface area is 181 Å². The molecule has 0 bridgehead atoms. The van der Waals surface area contributed by atoms with Gasteiger partial charge in [-0.1, -0.05) is 12.1 Å². The quantitative estimate of drug-likeness (QED) is 0.470. The van der Waals surface area contributed by atoms with E-state index in [1.165, 1.54) is 6.07 Å². The van der Waals surface area contributed by atoms with E-state index < -0.39 is 17.6 Å². The zero-order valence-electron chi connectivity index (χ0n) is 17.3. The molecule has 0 aliphatic carbocycles. The number of anilines is 1. The van der Waals surface area contributed by atoms with Crippen LogP contribution in [-0.4, -0.2) is 25.5 Å². The molecule has 7 nitrogen and oxygen atoms in total. The van der Waals surface area contributed by atoms with Crippen molar-refractivity contribution in [2.45, 2.75) is 33.1 Å². The number of rotatable bonds is 6. The van der Waals surface area contributed by atoms with Crippen molar-refractivity contribution in [1.82, 2.24) is 19.6 Å². The molecule has 0 saturated carbocycles. The lowest BCUT2D eigenvalue weighted by molar-refractivity contribution is -0.137. The van der Waals surface area contributed by atoms with Crippen LogP contribution in [-0.2, 0) is 19.3 Å². The molecule has 0 saturated heterocycles. The van der Waals surface area contributed by atoms with Crippen molar-refractivity contribution in [2.24, 2.45) is 0 Å². The maximum Gasteiger partial charge on any atom is 0.416 e. The van der Waals surface area contributed by atoms with Crippen LogP contribution >= 0.6 is 0 Å². The third kappa shape index (κ3) is 4.58. The first-order chi connectivity index (χ1) is 15.2. The number of carbonyl (C=O) groups is 1. The lowest BCUT2D eigenvalue weighted by Crippen LogP contribution is -2.13. The highest BCUT2D eigenvalue weighted by atomic mass is 19.4. The fraction of sp³-hybridized carbons (Fsp3) is 0.227. The van der Waals surface area contributed by atoms with Gasteiger partial charge in [0.15, 0.2) is 5.76 Å². The van der Waals surface area contributed by atoms with E-state index in [-0.39, 0.29) is 12.3 Å². The Balaban J connectivity index is 1.49. The molecule has 0 aliphatic rings. The second-order valence-electron chi connectivity index (χ2n) is 7.33. The summed E-state index contributed by atoms with van der Waals surface area (Å²) in [5.41, 5.74) is 1.40. The number of nitrogens with one attached hydrogen (secondary N) is 1. The monoisotopic (exact) mass is 443 g/mol. The van der Waals surface area contributed by atoms with Crippen molar-refractivity contribution >= 4 is 11.6 Å². The van der Waals surface area contributed by atoms with Gasteiger partial charge in [0, 0.05) is 12.4 Å². The van der Waals surface area contributed by atoms with Crippen LogP contribution in [0.15, 0.2) is 59.3 Å². The van der Waals surface area contributed by atoms with E-state index >= 15 is 0 Å². The van der Waals surface area contributed by atoms with Gasteiger partial charge in [0.1, 0.15) is 5.76 Å². The minimum absolute atomic E-state index is 0.136. The van der Waals surface area contributed by atoms with Crippen LogP contribution in [0.4, 0.5) is 18.9 Å². The van der Waals surface area contributed by atoms with Gasteiger partial charge in [-0.15, -0.1) is 0 Å². The smallest absolute Gasteiger partial charge is 0.416 e. The maximum atomic E-state index is 13.0. The zero-order valence-corrected chi connectivity index (χ0v) is 17.3. The van der Waals surface area contributed by atoms with Crippen LogP contribution in [0.3, 0.4) is 0 Å². The molecular formula is C22H20F3N5O2. The largest absolute Gasteiger partial charge is 0.454 e. The van der Waals surface area contributed by atoms with Crippen LogP contribution in [0.1, 0.15) is 38.8 Å². The van der Waals surface area contributed by atoms with E-state index in [9.17, 15) is 18.0 Å². The molecule has 166 valence electrons. The highest BCUT2D eigenvalue weighted by molar-refractivity contribution is 6.02. The first-order valence-electron chi connectivity index (χ1n) is 9.78. The van der Waals surface area contributed by atoms with Crippen LogP contribution in [0.25, 0.3) is 0 Å². The molecule has 0 radical (unpaired) electrons. The first kappa shape index (κ1) is 21.4. The molecule has 0 unspecified atom stereocenters. The predicted molar refractivity (Wildman–Crippen MR) is 110 cm³/mol. The van der Waals surface area contributed by atoms with E-state index in [1.54, 1.807) is 59.9 Å². The van der Waals surface area contributed by atoms with Gasteiger partial charge >= 0.3 is 6.18 Å². The predicted octanol–water partition coefficient (Wildman–Crippen LogP) is 4.66. The molecule has 10 heteroatoms. The van der Waals surface area contributed by atoms with Crippen LogP contribution in [0, 0.1) is 13.8 Å². The van der Waals surface area contributed by atoms with E-state index in [0.29, 0.717) is 34.9 Å². The number of nitrogens with zero attached hydrogens (tertiary/aromatic N) is 4. The Kier molecular flexibility index (Phi) is 5.60. The van der Waals surface area contributed by atoms with Crippen LogP contribution in [0.2, 0.25) is 0 Å². The van der Waals surface area contributed by atoms with Crippen molar-refractivity contribution in [3.8, 4) is 0 Å². The molecule has 4 aromatic rings. The van der Waals surface area contributed by atoms with E-state index in [0.717, 1.165) is 12.1 Å². The number of aryl methyl sites for hydroxylation is 1. The number of benzene rings is 1. The number of furan rings is 1. The molecule has 0 spiro atoms. The molecule has 3 aromatic heterocycles. The second-order valence-corrected chi connectivity index (χ2v) is 7.33. The third-order valence-corrected chi connectivity index (χ3v) is 4.97. The molecule has 0 aliphatic heterocycles. The summed E-state index contributed by atoms with van der Waals surface area (Å²) in [6.07, 6.45) is -0.976. The maximum absolute atomic E-state index is 13.0. The highest BCUT2D eigenvalue weighted by Crippen LogP contribution is 2.30. The van der Waals surface area contributed by atoms with Gasteiger partial charge in [-0.3, -0.25) is 14.2 Å². The van der Waals surface area contributed by atoms with Gasteiger partial charge in [0.25, 0.3) is 5.91 Å².